The highest BCUT2D eigenvalue weighted by atomic mass is 35.5. The van der Waals surface area contributed by atoms with Crippen LogP contribution in [0.3, 0.4) is 0 Å². The zero-order valence-electron chi connectivity index (χ0n) is 17.1. The fraction of sp³-hybridized carbons (Fsp3) is 0.318. The number of rotatable bonds is 6. The Labute approximate surface area is 180 Å². The molecule has 2 aromatic carbocycles. The van der Waals surface area contributed by atoms with Crippen LogP contribution in [0.25, 0.3) is 0 Å². The molecular formula is C22H24ClN3O4. The van der Waals surface area contributed by atoms with E-state index in [1.807, 2.05) is 25.1 Å². The van der Waals surface area contributed by atoms with Crippen LogP contribution in [0, 0.1) is 5.92 Å². The molecule has 0 spiro atoms. The summed E-state index contributed by atoms with van der Waals surface area (Å²) in [5.41, 5.74) is 1.41. The minimum absolute atomic E-state index is 0.101. The van der Waals surface area contributed by atoms with E-state index in [0.717, 1.165) is 0 Å². The van der Waals surface area contributed by atoms with Crippen LogP contribution in [-0.2, 0) is 9.59 Å². The number of para-hydroxylation sites is 2. The van der Waals surface area contributed by atoms with Crippen LogP contribution in [0.5, 0.6) is 5.75 Å². The van der Waals surface area contributed by atoms with Crippen molar-refractivity contribution in [2.24, 2.45) is 5.92 Å². The summed E-state index contributed by atoms with van der Waals surface area (Å²) in [4.78, 5) is 40.6. The first-order valence-corrected chi connectivity index (χ1v) is 10.0. The molecule has 3 rings (SSSR count). The summed E-state index contributed by atoms with van der Waals surface area (Å²) in [5, 5.41) is 3.11. The lowest BCUT2D eigenvalue weighted by Gasteiger charge is -2.20. The van der Waals surface area contributed by atoms with Gasteiger partial charge in [-0.3, -0.25) is 14.4 Å². The summed E-state index contributed by atoms with van der Waals surface area (Å²) in [6.45, 7) is 2.61. The number of carbonyl (C=O) groups excluding carboxylic acids is 3. The number of halogens is 1. The number of hydrogen-bond donors (Lipinski definition) is 1. The van der Waals surface area contributed by atoms with Gasteiger partial charge in [0.1, 0.15) is 5.75 Å². The Hall–Kier alpha value is -3.06. The van der Waals surface area contributed by atoms with Gasteiger partial charge in [-0.05, 0) is 37.3 Å². The molecule has 1 atom stereocenters. The second kappa shape index (κ2) is 9.17. The normalized spacial score (nSPS) is 15.8. The number of benzene rings is 2. The van der Waals surface area contributed by atoms with Crippen molar-refractivity contribution in [2.75, 3.05) is 37.5 Å². The van der Waals surface area contributed by atoms with Gasteiger partial charge in [0.15, 0.2) is 0 Å². The van der Waals surface area contributed by atoms with E-state index >= 15 is 0 Å². The van der Waals surface area contributed by atoms with Crippen molar-refractivity contribution in [1.29, 1.82) is 0 Å². The van der Waals surface area contributed by atoms with Gasteiger partial charge in [-0.1, -0.05) is 23.7 Å². The first-order chi connectivity index (χ1) is 14.3. The fourth-order valence-corrected chi connectivity index (χ4v) is 3.52. The molecule has 1 aliphatic heterocycles. The largest absolute Gasteiger partial charge is 0.492 e. The molecule has 0 aromatic heterocycles. The lowest BCUT2D eigenvalue weighted by molar-refractivity contribution is -0.122. The number of hydrogen-bond acceptors (Lipinski definition) is 4. The molecule has 0 radical (unpaired) electrons. The minimum atomic E-state index is -0.518. The van der Waals surface area contributed by atoms with Gasteiger partial charge in [-0.25, -0.2) is 0 Å². The molecule has 1 unspecified atom stereocenters. The highest BCUT2D eigenvalue weighted by molar-refractivity contribution is 6.34. The van der Waals surface area contributed by atoms with Crippen LogP contribution in [0.4, 0.5) is 11.4 Å². The molecule has 1 N–H and O–H groups in total. The van der Waals surface area contributed by atoms with E-state index in [4.69, 9.17) is 16.3 Å². The maximum atomic E-state index is 12.8. The third-order valence-corrected chi connectivity index (χ3v) is 5.15. The Bertz CT molecular complexity index is 977. The summed E-state index contributed by atoms with van der Waals surface area (Å²) >= 11 is 6.12. The molecule has 0 aliphatic carbocycles. The zero-order chi connectivity index (χ0) is 21.8. The molecule has 2 aromatic rings. The van der Waals surface area contributed by atoms with Crippen LogP contribution in [0.1, 0.15) is 23.7 Å². The van der Waals surface area contributed by atoms with Crippen molar-refractivity contribution < 1.29 is 19.1 Å². The van der Waals surface area contributed by atoms with Gasteiger partial charge in [0.05, 0.1) is 28.8 Å². The first-order valence-electron chi connectivity index (χ1n) is 9.66. The first kappa shape index (κ1) is 21.6. The van der Waals surface area contributed by atoms with Gasteiger partial charge >= 0.3 is 0 Å². The molecular weight excluding hydrogens is 406 g/mol. The van der Waals surface area contributed by atoms with Gasteiger partial charge < -0.3 is 19.9 Å². The standard InChI is InChI=1S/C22H24ClN3O4/c1-4-30-19-8-6-5-7-18(19)26-13-14(11-20(26)27)21(28)24-15-9-10-17(23)16(12-15)22(29)25(2)3/h5-10,12,14H,4,11,13H2,1-3H3,(H,24,28). The smallest absolute Gasteiger partial charge is 0.254 e. The van der Waals surface area contributed by atoms with E-state index in [1.165, 1.54) is 4.90 Å². The Morgan fingerprint density at radius 3 is 2.67 bits per heavy atom. The second-order valence-electron chi connectivity index (χ2n) is 7.19. The molecule has 1 fully saturated rings. The molecule has 1 aliphatic rings. The predicted octanol–water partition coefficient (Wildman–Crippen LogP) is 3.43. The van der Waals surface area contributed by atoms with Crippen molar-refractivity contribution in [3.05, 3.63) is 53.1 Å². The average Bonchev–Trinajstić information content (AvgIpc) is 3.11. The lowest BCUT2D eigenvalue weighted by Crippen LogP contribution is -2.28. The van der Waals surface area contributed by atoms with E-state index in [1.54, 1.807) is 43.3 Å². The average molecular weight is 430 g/mol. The van der Waals surface area contributed by atoms with Gasteiger partial charge in [-0.15, -0.1) is 0 Å². The molecule has 1 heterocycles. The highest BCUT2D eigenvalue weighted by Crippen LogP contribution is 2.33. The van der Waals surface area contributed by atoms with Crippen molar-refractivity contribution in [3.63, 3.8) is 0 Å². The summed E-state index contributed by atoms with van der Waals surface area (Å²) in [6, 6.07) is 12.0. The number of ether oxygens (including phenoxy) is 1. The maximum Gasteiger partial charge on any atom is 0.254 e. The molecule has 1 saturated heterocycles. The third kappa shape index (κ3) is 4.57. The number of anilines is 2. The van der Waals surface area contributed by atoms with E-state index in [0.29, 0.717) is 34.3 Å². The van der Waals surface area contributed by atoms with Crippen LogP contribution < -0.4 is 15.0 Å². The molecule has 7 nitrogen and oxygen atoms in total. The highest BCUT2D eigenvalue weighted by Gasteiger charge is 2.36. The summed E-state index contributed by atoms with van der Waals surface area (Å²) in [5.74, 6) is -0.590. The van der Waals surface area contributed by atoms with E-state index in [-0.39, 0.29) is 30.7 Å². The van der Waals surface area contributed by atoms with Crippen molar-refractivity contribution >= 4 is 40.7 Å². The Morgan fingerprint density at radius 2 is 1.97 bits per heavy atom. The zero-order valence-corrected chi connectivity index (χ0v) is 17.9. The van der Waals surface area contributed by atoms with Crippen LogP contribution in [0.2, 0.25) is 5.02 Å². The molecule has 158 valence electrons. The molecule has 3 amide bonds. The van der Waals surface area contributed by atoms with Crippen molar-refractivity contribution in [2.45, 2.75) is 13.3 Å². The second-order valence-corrected chi connectivity index (χ2v) is 7.60. The van der Waals surface area contributed by atoms with Crippen LogP contribution in [-0.4, -0.2) is 49.9 Å². The Kier molecular flexibility index (Phi) is 6.62. The van der Waals surface area contributed by atoms with E-state index < -0.39 is 5.92 Å². The predicted molar refractivity (Wildman–Crippen MR) is 116 cm³/mol. The Morgan fingerprint density at radius 1 is 1.23 bits per heavy atom. The molecule has 0 bridgehead atoms. The summed E-state index contributed by atoms with van der Waals surface area (Å²) in [6.07, 6.45) is 0.101. The monoisotopic (exact) mass is 429 g/mol. The molecule has 30 heavy (non-hydrogen) atoms. The Balaban J connectivity index is 1.74. The maximum absolute atomic E-state index is 12.8. The number of nitrogens with zero attached hydrogens (tertiary/aromatic N) is 2. The third-order valence-electron chi connectivity index (χ3n) is 4.82. The number of nitrogens with one attached hydrogen (secondary N) is 1. The van der Waals surface area contributed by atoms with Gasteiger partial charge in [-0.2, -0.15) is 0 Å². The van der Waals surface area contributed by atoms with Crippen molar-refractivity contribution in [3.8, 4) is 5.75 Å². The quantitative estimate of drug-likeness (QED) is 0.763. The lowest BCUT2D eigenvalue weighted by atomic mass is 10.1. The summed E-state index contributed by atoms with van der Waals surface area (Å²) in [7, 11) is 3.26. The van der Waals surface area contributed by atoms with E-state index in [2.05, 4.69) is 5.32 Å². The minimum Gasteiger partial charge on any atom is -0.492 e. The fourth-order valence-electron chi connectivity index (χ4n) is 3.33. The topological polar surface area (TPSA) is 79.0 Å². The van der Waals surface area contributed by atoms with Crippen LogP contribution >= 0.6 is 11.6 Å². The van der Waals surface area contributed by atoms with Crippen LogP contribution in [0.15, 0.2) is 42.5 Å². The number of amides is 3. The van der Waals surface area contributed by atoms with Gasteiger partial charge in [0.25, 0.3) is 5.91 Å². The number of carbonyl (C=O) groups is 3. The van der Waals surface area contributed by atoms with E-state index in [9.17, 15) is 14.4 Å². The molecule has 0 saturated carbocycles. The van der Waals surface area contributed by atoms with Crippen molar-refractivity contribution in [1.82, 2.24) is 4.90 Å². The summed E-state index contributed by atoms with van der Waals surface area (Å²) < 4.78 is 5.61. The molecule has 8 heteroatoms. The SMILES string of the molecule is CCOc1ccccc1N1CC(C(=O)Nc2ccc(Cl)c(C(=O)N(C)C)c2)CC1=O. The van der Waals surface area contributed by atoms with Gasteiger partial charge in [0, 0.05) is 32.7 Å². The van der Waals surface area contributed by atoms with Gasteiger partial charge in [0.2, 0.25) is 11.8 Å².